The maximum Gasteiger partial charge on any atom is 0.163 e. The lowest BCUT2D eigenvalue weighted by molar-refractivity contribution is 0.0972. The smallest absolute Gasteiger partial charge is 0.163 e. The van der Waals surface area contributed by atoms with Crippen LogP contribution in [0.1, 0.15) is 33.6 Å². The van der Waals surface area contributed by atoms with E-state index in [1.165, 1.54) is 0 Å². The number of ether oxygens (including phenoxy) is 1. The molecule has 98 valence electrons. The summed E-state index contributed by atoms with van der Waals surface area (Å²) in [5, 5.41) is 0. The fourth-order valence-corrected chi connectivity index (χ4v) is 3.68. The Balaban J connectivity index is 1.75. The highest BCUT2D eigenvalue weighted by atomic mass is 79.9. The first-order valence-corrected chi connectivity index (χ1v) is 7.86. The van der Waals surface area contributed by atoms with E-state index in [0.29, 0.717) is 13.0 Å². The van der Waals surface area contributed by atoms with Gasteiger partial charge in [-0.1, -0.05) is 6.07 Å². The molecule has 19 heavy (non-hydrogen) atoms. The van der Waals surface area contributed by atoms with E-state index < -0.39 is 0 Å². The molecule has 0 unspecified atom stereocenters. The highest BCUT2D eigenvalue weighted by Gasteiger charge is 2.17. The van der Waals surface area contributed by atoms with Crippen molar-refractivity contribution in [2.24, 2.45) is 0 Å². The van der Waals surface area contributed by atoms with Crippen molar-refractivity contribution in [3.63, 3.8) is 0 Å². The number of carbonyl (C=O) groups is 1. The molecule has 1 aliphatic carbocycles. The molecule has 0 saturated carbocycles. The van der Waals surface area contributed by atoms with Crippen molar-refractivity contribution in [3.8, 4) is 5.75 Å². The molecule has 1 aromatic carbocycles. The molecule has 0 aliphatic heterocycles. The fourth-order valence-electron chi connectivity index (χ4n) is 2.28. The molecule has 2 nitrogen and oxygen atoms in total. The number of rotatable bonds is 3. The molecule has 0 atom stereocenters. The molecule has 0 N–H and O–H groups in total. The van der Waals surface area contributed by atoms with Gasteiger partial charge in [-0.25, -0.2) is 0 Å². The third kappa shape index (κ3) is 2.90. The van der Waals surface area contributed by atoms with E-state index in [9.17, 15) is 4.79 Å². The van der Waals surface area contributed by atoms with Crippen LogP contribution in [0, 0.1) is 0 Å². The van der Waals surface area contributed by atoms with Crippen molar-refractivity contribution in [1.29, 1.82) is 0 Å². The number of aryl methyl sites for hydroxylation is 1. The zero-order valence-corrected chi connectivity index (χ0v) is 12.7. The van der Waals surface area contributed by atoms with Gasteiger partial charge in [-0.2, -0.15) is 0 Å². The van der Waals surface area contributed by atoms with Gasteiger partial charge < -0.3 is 4.74 Å². The molecule has 0 fully saturated rings. The van der Waals surface area contributed by atoms with Crippen molar-refractivity contribution < 1.29 is 9.53 Å². The Morgan fingerprint density at radius 1 is 1.21 bits per heavy atom. The summed E-state index contributed by atoms with van der Waals surface area (Å²) in [5.41, 5.74) is 2.00. The van der Waals surface area contributed by atoms with Crippen LogP contribution in [0.3, 0.4) is 0 Å². The highest BCUT2D eigenvalue weighted by Crippen LogP contribution is 2.27. The third-order valence-corrected chi connectivity index (χ3v) is 4.84. The van der Waals surface area contributed by atoms with Crippen molar-refractivity contribution in [2.45, 2.75) is 25.9 Å². The second kappa shape index (κ2) is 5.47. The van der Waals surface area contributed by atoms with Gasteiger partial charge in [0.1, 0.15) is 12.4 Å². The summed E-state index contributed by atoms with van der Waals surface area (Å²) in [5.74, 6) is 1.02. The van der Waals surface area contributed by atoms with Crippen LogP contribution in [0.2, 0.25) is 0 Å². The quantitative estimate of drug-likeness (QED) is 0.818. The van der Waals surface area contributed by atoms with E-state index in [-0.39, 0.29) is 5.78 Å². The molecule has 0 spiro atoms. The van der Waals surface area contributed by atoms with Gasteiger partial charge in [-0.05, 0) is 58.6 Å². The number of halogens is 1. The Labute approximate surface area is 124 Å². The maximum absolute atomic E-state index is 11.9. The van der Waals surface area contributed by atoms with Crippen LogP contribution in [0.15, 0.2) is 34.1 Å². The standard InChI is InChI=1S/C15H13BrO2S/c16-15-7-6-12(19-15)9-18-11-5-4-10-2-1-3-14(17)13(10)8-11/h4-8H,1-3,9H2. The van der Waals surface area contributed by atoms with E-state index in [1.807, 2.05) is 30.3 Å². The molecule has 0 amide bonds. The SMILES string of the molecule is O=C1CCCc2ccc(OCc3ccc(Br)s3)cc21. The number of Topliss-reactive ketones (excluding diaryl/α,β-unsaturated/α-hetero) is 1. The summed E-state index contributed by atoms with van der Waals surface area (Å²) in [6.45, 7) is 0.545. The Morgan fingerprint density at radius 2 is 2.11 bits per heavy atom. The summed E-state index contributed by atoms with van der Waals surface area (Å²) in [7, 11) is 0. The van der Waals surface area contributed by atoms with E-state index in [1.54, 1.807) is 11.3 Å². The molecule has 4 heteroatoms. The lowest BCUT2D eigenvalue weighted by atomic mass is 9.90. The maximum atomic E-state index is 11.9. The average molecular weight is 337 g/mol. The van der Waals surface area contributed by atoms with Crippen LogP contribution in [-0.2, 0) is 13.0 Å². The topological polar surface area (TPSA) is 26.3 Å². The predicted molar refractivity (Wildman–Crippen MR) is 80.1 cm³/mol. The number of carbonyl (C=O) groups excluding carboxylic acids is 1. The van der Waals surface area contributed by atoms with Crippen LogP contribution in [0.4, 0.5) is 0 Å². The minimum atomic E-state index is 0.241. The molecular formula is C15H13BrO2S. The first kappa shape index (κ1) is 12.9. The van der Waals surface area contributed by atoms with Gasteiger partial charge in [0.05, 0.1) is 3.79 Å². The summed E-state index contributed by atoms with van der Waals surface area (Å²) in [4.78, 5) is 13.0. The van der Waals surface area contributed by atoms with Crippen molar-refractivity contribution >= 4 is 33.0 Å². The first-order valence-electron chi connectivity index (χ1n) is 6.25. The Kier molecular flexibility index (Phi) is 3.71. The minimum absolute atomic E-state index is 0.241. The van der Waals surface area contributed by atoms with Crippen LogP contribution in [0.25, 0.3) is 0 Å². The lowest BCUT2D eigenvalue weighted by Crippen LogP contribution is -2.10. The summed E-state index contributed by atoms with van der Waals surface area (Å²) < 4.78 is 6.86. The second-order valence-electron chi connectivity index (χ2n) is 4.59. The molecule has 1 heterocycles. The van der Waals surface area contributed by atoms with E-state index in [2.05, 4.69) is 15.9 Å². The number of thiophene rings is 1. The molecule has 1 aromatic heterocycles. The van der Waals surface area contributed by atoms with Crippen LogP contribution < -0.4 is 4.74 Å². The van der Waals surface area contributed by atoms with Gasteiger partial charge in [-0.3, -0.25) is 4.79 Å². The molecule has 0 radical (unpaired) electrons. The van der Waals surface area contributed by atoms with E-state index in [0.717, 1.165) is 38.4 Å². The number of hydrogen-bond donors (Lipinski definition) is 0. The lowest BCUT2D eigenvalue weighted by Gasteiger charge is -2.15. The predicted octanol–water partition coefficient (Wildman–Crippen LogP) is 4.61. The van der Waals surface area contributed by atoms with Crippen LogP contribution >= 0.6 is 27.3 Å². The largest absolute Gasteiger partial charge is 0.488 e. The average Bonchev–Trinajstić information content (AvgIpc) is 2.83. The molecule has 1 aliphatic rings. The molecular weight excluding hydrogens is 324 g/mol. The normalized spacial score (nSPS) is 14.3. The number of hydrogen-bond acceptors (Lipinski definition) is 3. The van der Waals surface area contributed by atoms with Crippen LogP contribution in [-0.4, -0.2) is 5.78 Å². The van der Waals surface area contributed by atoms with Gasteiger partial charge >= 0.3 is 0 Å². The van der Waals surface area contributed by atoms with Gasteiger partial charge in [0.2, 0.25) is 0 Å². The van der Waals surface area contributed by atoms with E-state index >= 15 is 0 Å². The van der Waals surface area contributed by atoms with E-state index in [4.69, 9.17) is 4.74 Å². The molecule has 2 aromatic rings. The fraction of sp³-hybridized carbons (Fsp3) is 0.267. The third-order valence-electron chi connectivity index (χ3n) is 3.24. The molecule has 0 bridgehead atoms. The van der Waals surface area contributed by atoms with Crippen LogP contribution in [0.5, 0.6) is 5.75 Å². The van der Waals surface area contributed by atoms with Crippen molar-refractivity contribution in [3.05, 3.63) is 50.1 Å². The molecule has 0 saturated heterocycles. The minimum Gasteiger partial charge on any atom is -0.488 e. The Bertz CT molecular complexity index is 618. The second-order valence-corrected chi connectivity index (χ2v) is 7.14. The number of ketones is 1. The van der Waals surface area contributed by atoms with Gasteiger partial charge in [0.25, 0.3) is 0 Å². The Hall–Kier alpha value is -1.13. The van der Waals surface area contributed by atoms with Gasteiger partial charge in [0.15, 0.2) is 5.78 Å². The first-order chi connectivity index (χ1) is 9.22. The van der Waals surface area contributed by atoms with Gasteiger partial charge in [-0.15, -0.1) is 11.3 Å². The monoisotopic (exact) mass is 336 g/mol. The zero-order chi connectivity index (χ0) is 13.2. The zero-order valence-electron chi connectivity index (χ0n) is 10.3. The summed E-state index contributed by atoms with van der Waals surface area (Å²) >= 11 is 5.09. The highest BCUT2D eigenvalue weighted by molar-refractivity contribution is 9.11. The van der Waals surface area contributed by atoms with Crippen molar-refractivity contribution in [1.82, 2.24) is 0 Å². The number of fused-ring (bicyclic) bond motifs is 1. The summed E-state index contributed by atoms with van der Waals surface area (Å²) in [6, 6.07) is 9.92. The van der Waals surface area contributed by atoms with Gasteiger partial charge in [0, 0.05) is 16.9 Å². The van der Waals surface area contributed by atoms with Crippen molar-refractivity contribution in [2.75, 3.05) is 0 Å². The molecule has 3 rings (SSSR count). The summed E-state index contributed by atoms with van der Waals surface area (Å²) in [6.07, 6.45) is 2.63. The Morgan fingerprint density at radius 3 is 2.89 bits per heavy atom. The number of benzene rings is 1.